The summed E-state index contributed by atoms with van der Waals surface area (Å²) in [6.45, 7) is 5.38. The summed E-state index contributed by atoms with van der Waals surface area (Å²) in [6.07, 6.45) is 1.62. The molecule has 0 saturated carbocycles. The summed E-state index contributed by atoms with van der Waals surface area (Å²) in [5.41, 5.74) is 5.32. The molecule has 9 heteroatoms. The number of furan rings is 1. The van der Waals surface area contributed by atoms with Gasteiger partial charge in [-0.1, -0.05) is 66.2 Å². The standard InChI is InChI=1S/C32H29ClN6O2/c1-21-15-22(2)26-17-27(32(40)34-29(26)16-21)30(31-35-36-37-39(31)20-25-12-8-14-41-25)38(18-23-9-4-3-5-10-23)19-24-11-6-7-13-28(24)33/h3-17,30H,18-20H2,1-2H3,(H,34,40). The molecule has 3 heterocycles. The third-order valence-corrected chi connectivity index (χ3v) is 7.62. The molecule has 0 amide bonds. The van der Waals surface area contributed by atoms with Crippen LogP contribution in [0.5, 0.6) is 0 Å². The Balaban J connectivity index is 1.56. The molecular formula is C32H29ClN6O2. The number of rotatable bonds is 9. The maximum Gasteiger partial charge on any atom is 0.253 e. The van der Waals surface area contributed by atoms with Crippen molar-refractivity contribution in [3.05, 3.63) is 146 Å². The Labute approximate surface area is 242 Å². The number of aromatic nitrogens is 5. The molecule has 3 aromatic heterocycles. The van der Waals surface area contributed by atoms with Crippen LogP contribution in [0.1, 0.15) is 45.4 Å². The van der Waals surface area contributed by atoms with Gasteiger partial charge in [-0.05, 0) is 76.9 Å². The van der Waals surface area contributed by atoms with Crippen LogP contribution < -0.4 is 5.56 Å². The number of H-pyrrole nitrogens is 1. The lowest BCUT2D eigenvalue weighted by molar-refractivity contribution is 0.193. The van der Waals surface area contributed by atoms with E-state index in [0.29, 0.717) is 41.8 Å². The van der Waals surface area contributed by atoms with Crippen LogP contribution in [0.4, 0.5) is 0 Å². The number of hydrogen-bond acceptors (Lipinski definition) is 6. The van der Waals surface area contributed by atoms with Crippen LogP contribution in [-0.2, 0) is 19.6 Å². The Morgan fingerprint density at radius 1 is 0.976 bits per heavy atom. The predicted molar refractivity (Wildman–Crippen MR) is 159 cm³/mol. The number of nitrogens with one attached hydrogen (secondary N) is 1. The van der Waals surface area contributed by atoms with Gasteiger partial charge in [-0.2, -0.15) is 0 Å². The molecule has 0 aliphatic rings. The molecule has 0 aliphatic carbocycles. The molecule has 206 valence electrons. The molecule has 3 aromatic carbocycles. The van der Waals surface area contributed by atoms with E-state index >= 15 is 0 Å². The Kier molecular flexibility index (Phi) is 7.50. The fourth-order valence-corrected chi connectivity index (χ4v) is 5.56. The van der Waals surface area contributed by atoms with Crippen molar-refractivity contribution in [1.29, 1.82) is 0 Å². The first-order chi connectivity index (χ1) is 20.0. The topological polar surface area (TPSA) is 92.8 Å². The molecule has 0 saturated heterocycles. The zero-order valence-corrected chi connectivity index (χ0v) is 23.5. The average Bonchev–Trinajstić information content (AvgIpc) is 3.64. The van der Waals surface area contributed by atoms with Gasteiger partial charge in [0.25, 0.3) is 5.56 Å². The molecule has 6 aromatic rings. The van der Waals surface area contributed by atoms with Gasteiger partial charge in [0.1, 0.15) is 18.3 Å². The maximum atomic E-state index is 13.9. The number of hydrogen-bond donors (Lipinski definition) is 1. The smallest absolute Gasteiger partial charge is 0.253 e. The average molecular weight is 565 g/mol. The summed E-state index contributed by atoms with van der Waals surface area (Å²) in [4.78, 5) is 19.2. The van der Waals surface area contributed by atoms with Crippen molar-refractivity contribution in [2.75, 3.05) is 0 Å². The second-order valence-corrected chi connectivity index (χ2v) is 10.7. The van der Waals surface area contributed by atoms with Crippen molar-refractivity contribution < 1.29 is 4.42 Å². The van der Waals surface area contributed by atoms with Gasteiger partial charge in [-0.25, -0.2) is 4.68 Å². The highest BCUT2D eigenvalue weighted by molar-refractivity contribution is 6.31. The molecule has 0 aliphatic heterocycles. The van der Waals surface area contributed by atoms with Crippen molar-refractivity contribution in [3.63, 3.8) is 0 Å². The molecule has 1 unspecified atom stereocenters. The van der Waals surface area contributed by atoms with Crippen LogP contribution in [0, 0.1) is 13.8 Å². The van der Waals surface area contributed by atoms with E-state index in [1.165, 1.54) is 0 Å². The third-order valence-electron chi connectivity index (χ3n) is 7.25. The fourth-order valence-electron chi connectivity index (χ4n) is 5.36. The number of fused-ring (bicyclic) bond motifs is 1. The van der Waals surface area contributed by atoms with Crippen LogP contribution in [0.15, 0.2) is 100 Å². The number of pyridine rings is 1. The first kappa shape index (κ1) is 26.7. The van der Waals surface area contributed by atoms with E-state index < -0.39 is 6.04 Å². The number of tetrazole rings is 1. The minimum Gasteiger partial charge on any atom is -0.467 e. The Morgan fingerprint density at radius 3 is 2.56 bits per heavy atom. The van der Waals surface area contributed by atoms with Gasteiger partial charge in [0.2, 0.25) is 0 Å². The Bertz CT molecular complexity index is 1850. The minimum atomic E-state index is -0.606. The van der Waals surface area contributed by atoms with Gasteiger partial charge in [-0.15, -0.1) is 5.10 Å². The third kappa shape index (κ3) is 5.70. The van der Waals surface area contributed by atoms with Crippen molar-refractivity contribution >= 4 is 22.5 Å². The van der Waals surface area contributed by atoms with E-state index in [-0.39, 0.29) is 5.56 Å². The van der Waals surface area contributed by atoms with Crippen LogP contribution in [-0.4, -0.2) is 30.1 Å². The van der Waals surface area contributed by atoms with Crippen molar-refractivity contribution in [2.24, 2.45) is 0 Å². The number of aromatic amines is 1. The summed E-state index contributed by atoms with van der Waals surface area (Å²) in [5.74, 6) is 1.23. The van der Waals surface area contributed by atoms with Gasteiger partial charge in [0.15, 0.2) is 5.82 Å². The lowest BCUT2D eigenvalue weighted by atomic mass is 9.99. The van der Waals surface area contributed by atoms with E-state index in [0.717, 1.165) is 33.2 Å². The zero-order valence-electron chi connectivity index (χ0n) is 22.8. The van der Waals surface area contributed by atoms with E-state index in [1.54, 1.807) is 10.9 Å². The van der Waals surface area contributed by atoms with Crippen molar-refractivity contribution in [1.82, 2.24) is 30.1 Å². The minimum absolute atomic E-state index is 0.197. The number of halogens is 1. The fraction of sp³-hybridized carbons (Fsp3) is 0.188. The Hall–Kier alpha value is -4.53. The van der Waals surface area contributed by atoms with E-state index in [2.05, 4.69) is 50.5 Å². The molecule has 6 rings (SSSR count). The second kappa shape index (κ2) is 11.5. The van der Waals surface area contributed by atoms with E-state index in [4.69, 9.17) is 16.0 Å². The lowest BCUT2D eigenvalue weighted by Gasteiger charge is -2.31. The van der Waals surface area contributed by atoms with Crippen molar-refractivity contribution in [3.8, 4) is 0 Å². The van der Waals surface area contributed by atoms with Gasteiger partial charge in [-0.3, -0.25) is 9.69 Å². The molecule has 41 heavy (non-hydrogen) atoms. The summed E-state index contributed by atoms with van der Waals surface area (Å²) >= 11 is 6.67. The highest BCUT2D eigenvalue weighted by Crippen LogP contribution is 2.32. The first-order valence-corrected chi connectivity index (χ1v) is 13.8. The number of aryl methyl sites for hydroxylation is 2. The molecule has 0 radical (unpaired) electrons. The first-order valence-electron chi connectivity index (χ1n) is 13.4. The van der Waals surface area contributed by atoms with Crippen LogP contribution in [0.3, 0.4) is 0 Å². The Morgan fingerprint density at radius 2 is 1.78 bits per heavy atom. The van der Waals surface area contributed by atoms with Crippen LogP contribution in [0.25, 0.3) is 10.9 Å². The van der Waals surface area contributed by atoms with Gasteiger partial charge in [0.05, 0.1) is 6.26 Å². The summed E-state index contributed by atoms with van der Waals surface area (Å²) in [7, 11) is 0. The summed E-state index contributed by atoms with van der Waals surface area (Å²) in [5, 5.41) is 14.5. The molecule has 0 bridgehead atoms. The summed E-state index contributed by atoms with van der Waals surface area (Å²) in [6, 6.07) is 27.1. The highest BCUT2D eigenvalue weighted by Gasteiger charge is 2.31. The van der Waals surface area contributed by atoms with E-state index in [1.807, 2.05) is 73.7 Å². The molecule has 1 atom stereocenters. The maximum absolute atomic E-state index is 13.9. The predicted octanol–water partition coefficient (Wildman–Crippen LogP) is 6.22. The molecule has 1 N–H and O–H groups in total. The van der Waals surface area contributed by atoms with Gasteiger partial charge >= 0.3 is 0 Å². The van der Waals surface area contributed by atoms with Crippen molar-refractivity contribution in [2.45, 2.75) is 39.5 Å². The lowest BCUT2D eigenvalue weighted by Crippen LogP contribution is -2.35. The quantitative estimate of drug-likeness (QED) is 0.224. The normalized spacial score (nSPS) is 12.3. The SMILES string of the molecule is Cc1cc(C)c2cc(C(c3nnnn3Cc3ccco3)N(Cc3ccccc3)Cc3ccccc3Cl)c(=O)[nH]c2c1. The van der Waals surface area contributed by atoms with Gasteiger partial charge in [0, 0.05) is 34.6 Å². The number of benzene rings is 3. The molecule has 0 fully saturated rings. The van der Waals surface area contributed by atoms with Crippen LogP contribution in [0.2, 0.25) is 5.02 Å². The molecule has 0 spiro atoms. The monoisotopic (exact) mass is 564 g/mol. The summed E-state index contributed by atoms with van der Waals surface area (Å²) < 4.78 is 7.30. The van der Waals surface area contributed by atoms with Gasteiger partial charge < -0.3 is 9.40 Å². The second-order valence-electron chi connectivity index (χ2n) is 10.3. The van der Waals surface area contributed by atoms with Crippen LogP contribution >= 0.6 is 11.6 Å². The number of nitrogens with zero attached hydrogens (tertiary/aromatic N) is 5. The van der Waals surface area contributed by atoms with E-state index in [9.17, 15) is 4.79 Å². The zero-order chi connectivity index (χ0) is 28.3. The largest absolute Gasteiger partial charge is 0.467 e. The molecule has 8 nitrogen and oxygen atoms in total. The molecular weight excluding hydrogens is 536 g/mol. The highest BCUT2D eigenvalue weighted by atomic mass is 35.5.